The highest BCUT2D eigenvalue weighted by molar-refractivity contribution is 6.34. The Balaban J connectivity index is 3.15. The summed E-state index contributed by atoms with van der Waals surface area (Å²) < 4.78 is 0. The zero-order chi connectivity index (χ0) is 12.1. The monoisotopic (exact) mass is 260 g/mol. The number of carbonyl (C=O) groups excluding carboxylic acids is 1. The summed E-state index contributed by atoms with van der Waals surface area (Å²) in [6, 6.07) is 4.79. The number of hydrogen-bond donors (Lipinski definition) is 1. The third-order valence-electron chi connectivity index (χ3n) is 1.91. The van der Waals surface area contributed by atoms with Crippen LogP contribution in [0.5, 0.6) is 0 Å². The molecule has 0 aliphatic carbocycles. The molecule has 4 nitrogen and oxygen atoms in total. The van der Waals surface area contributed by atoms with Crippen LogP contribution in [0.15, 0.2) is 23.4 Å². The van der Waals surface area contributed by atoms with Gasteiger partial charge in [0.15, 0.2) is 0 Å². The van der Waals surface area contributed by atoms with Crippen molar-refractivity contribution in [1.82, 2.24) is 0 Å². The van der Waals surface area contributed by atoms with Crippen molar-refractivity contribution in [1.29, 1.82) is 0 Å². The predicted molar refractivity (Wildman–Crippen MR) is 63.9 cm³/mol. The summed E-state index contributed by atoms with van der Waals surface area (Å²) in [6.45, 7) is 0. The lowest BCUT2D eigenvalue weighted by molar-refractivity contribution is -0.118. The van der Waals surface area contributed by atoms with Crippen LogP contribution in [-0.4, -0.2) is 19.2 Å². The van der Waals surface area contributed by atoms with Crippen LogP contribution >= 0.6 is 23.2 Å². The van der Waals surface area contributed by atoms with Gasteiger partial charge in [-0.25, -0.2) is 0 Å². The minimum Gasteiger partial charge on any atom is -0.399 e. The van der Waals surface area contributed by atoms with Crippen LogP contribution in [0.1, 0.15) is 11.5 Å². The molecule has 0 saturated carbocycles. The maximum Gasteiger partial charge on any atom is 0.230 e. The molecule has 0 aliphatic rings. The Kier molecular flexibility index (Phi) is 4.58. The fourth-order valence-corrected chi connectivity index (χ4v) is 1.60. The summed E-state index contributed by atoms with van der Waals surface area (Å²) in [5.74, 6) is -1.34. The maximum atomic E-state index is 11.2. The van der Waals surface area contributed by atoms with Gasteiger partial charge < -0.3 is 10.6 Å². The Labute approximate surface area is 103 Å². The third-order valence-corrected chi connectivity index (χ3v) is 2.49. The van der Waals surface area contributed by atoms with Crippen molar-refractivity contribution in [3.05, 3.63) is 33.8 Å². The van der Waals surface area contributed by atoms with E-state index in [2.05, 4.69) is 9.99 Å². The van der Waals surface area contributed by atoms with Gasteiger partial charge in [-0.15, -0.1) is 0 Å². The fourth-order valence-electron chi connectivity index (χ4n) is 1.18. The molecule has 2 N–H and O–H groups in total. The van der Waals surface area contributed by atoms with Crippen LogP contribution in [0, 0.1) is 0 Å². The van der Waals surface area contributed by atoms with Crippen LogP contribution < -0.4 is 5.73 Å². The summed E-state index contributed by atoms with van der Waals surface area (Å²) in [5, 5.41) is 4.38. The zero-order valence-electron chi connectivity index (χ0n) is 8.48. The molecule has 0 bridgehead atoms. The summed E-state index contributed by atoms with van der Waals surface area (Å²) >= 11 is 11.8. The normalized spacial score (nSPS) is 12.7. The molecule has 0 saturated heterocycles. The molecule has 0 heterocycles. The van der Waals surface area contributed by atoms with Gasteiger partial charge in [0, 0.05) is 10.0 Å². The van der Waals surface area contributed by atoms with Crippen molar-refractivity contribution in [3.63, 3.8) is 0 Å². The van der Waals surface area contributed by atoms with Crippen LogP contribution in [0.4, 0.5) is 0 Å². The maximum absolute atomic E-state index is 11.2. The molecular weight excluding hydrogens is 251 g/mol. The molecule has 1 rings (SSSR count). The van der Waals surface area contributed by atoms with Crippen molar-refractivity contribution in [3.8, 4) is 0 Å². The van der Waals surface area contributed by atoms with E-state index in [0.717, 1.165) is 0 Å². The number of rotatable bonds is 4. The highest BCUT2D eigenvalue weighted by Crippen LogP contribution is 2.26. The molecule has 6 heteroatoms. The molecule has 0 fully saturated rings. The Bertz CT molecular complexity index is 421. The van der Waals surface area contributed by atoms with E-state index < -0.39 is 11.8 Å². The highest BCUT2D eigenvalue weighted by Gasteiger charge is 2.19. The molecule has 1 aromatic rings. The molecule has 1 unspecified atom stereocenters. The van der Waals surface area contributed by atoms with Gasteiger partial charge in [0.2, 0.25) is 5.91 Å². The first-order valence-electron chi connectivity index (χ1n) is 4.37. The minimum absolute atomic E-state index is 0.399. The van der Waals surface area contributed by atoms with Gasteiger partial charge >= 0.3 is 0 Å². The molecular formula is C10H10Cl2N2O2. The predicted octanol–water partition coefficient (Wildman–Crippen LogP) is 2.19. The molecule has 1 aromatic carbocycles. The van der Waals surface area contributed by atoms with E-state index in [9.17, 15) is 4.79 Å². The molecule has 86 valence electrons. The summed E-state index contributed by atoms with van der Waals surface area (Å²) in [6.07, 6.45) is 1.28. The molecule has 0 aliphatic heterocycles. The van der Waals surface area contributed by atoms with E-state index in [-0.39, 0.29) is 0 Å². The second kappa shape index (κ2) is 5.72. The van der Waals surface area contributed by atoms with E-state index in [4.69, 9.17) is 28.9 Å². The van der Waals surface area contributed by atoms with Gasteiger partial charge in [0.1, 0.15) is 13.0 Å². The molecule has 0 aromatic heterocycles. The molecule has 0 spiro atoms. The lowest BCUT2D eigenvalue weighted by Gasteiger charge is -2.10. The van der Waals surface area contributed by atoms with Crippen molar-refractivity contribution >= 4 is 35.3 Å². The number of oxime groups is 1. The van der Waals surface area contributed by atoms with Gasteiger partial charge in [-0.05, 0) is 23.8 Å². The second-order valence-electron chi connectivity index (χ2n) is 2.98. The Morgan fingerprint density at radius 1 is 1.56 bits per heavy atom. The lowest BCUT2D eigenvalue weighted by atomic mass is 10.00. The molecule has 16 heavy (non-hydrogen) atoms. The van der Waals surface area contributed by atoms with Crippen LogP contribution in [0.25, 0.3) is 0 Å². The van der Waals surface area contributed by atoms with E-state index in [0.29, 0.717) is 15.6 Å². The molecule has 0 radical (unpaired) electrons. The third kappa shape index (κ3) is 3.12. The average Bonchev–Trinajstić information content (AvgIpc) is 2.23. The summed E-state index contributed by atoms with van der Waals surface area (Å²) in [5.41, 5.74) is 5.74. The summed E-state index contributed by atoms with van der Waals surface area (Å²) in [7, 11) is 1.37. The largest absolute Gasteiger partial charge is 0.399 e. The summed E-state index contributed by atoms with van der Waals surface area (Å²) in [4.78, 5) is 15.7. The van der Waals surface area contributed by atoms with Crippen molar-refractivity contribution in [2.24, 2.45) is 10.9 Å². The molecule has 1 amide bonds. The Morgan fingerprint density at radius 3 is 2.81 bits per heavy atom. The first-order chi connectivity index (χ1) is 7.56. The quantitative estimate of drug-likeness (QED) is 0.667. The standard InChI is InChI=1S/C10H10Cl2N2O2/c1-16-14-5-8(10(13)15)7-4-6(11)2-3-9(7)12/h2-5,8H,1H3,(H2,13,15). The number of benzene rings is 1. The highest BCUT2D eigenvalue weighted by atomic mass is 35.5. The van der Waals surface area contributed by atoms with Crippen LogP contribution in [0.2, 0.25) is 10.0 Å². The van der Waals surface area contributed by atoms with E-state index >= 15 is 0 Å². The van der Waals surface area contributed by atoms with Gasteiger partial charge in [0.25, 0.3) is 0 Å². The number of halogens is 2. The smallest absolute Gasteiger partial charge is 0.230 e. The van der Waals surface area contributed by atoms with Crippen molar-refractivity contribution in [2.45, 2.75) is 5.92 Å². The van der Waals surface area contributed by atoms with Crippen LogP contribution in [0.3, 0.4) is 0 Å². The SMILES string of the molecule is CON=CC(C(N)=O)c1cc(Cl)ccc1Cl. The van der Waals surface area contributed by atoms with E-state index in [1.54, 1.807) is 18.2 Å². The lowest BCUT2D eigenvalue weighted by Crippen LogP contribution is -2.22. The number of nitrogens with zero attached hydrogens (tertiary/aromatic N) is 1. The minimum atomic E-state index is -0.758. The number of hydrogen-bond acceptors (Lipinski definition) is 3. The van der Waals surface area contributed by atoms with Gasteiger partial charge in [-0.2, -0.15) is 0 Å². The zero-order valence-corrected chi connectivity index (χ0v) is 10.00. The first kappa shape index (κ1) is 12.8. The van der Waals surface area contributed by atoms with Crippen LogP contribution in [-0.2, 0) is 9.63 Å². The van der Waals surface area contributed by atoms with E-state index in [1.807, 2.05) is 0 Å². The van der Waals surface area contributed by atoms with E-state index in [1.165, 1.54) is 13.3 Å². The average molecular weight is 261 g/mol. The number of carbonyl (C=O) groups is 1. The van der Waals surface area contributed by atoms with Gasteiger partial charge in [-0.3, -0.25) is 4.79 Å². The van der Waals surface area contributed by atoms with Crippen molar-refractivity contribution < 1.29 is 9.63 Å². The fraction of sp³-hybridized carbons (Fsp3) is 0.200. The van der Waals surface area contributed by atoms with Gasteiger partial charge in [-0.1, -0.05) is 28.4 Å². The number of primary amides is 1. The van der Waals surface area contributed by atoms with Gasteiger partial charge in [0.05, 0.1) is 6.21 Å². The first-order valence-corrected chi connectivity index (χ1v) is 5.12. The number of nitrogens with two attached hydrogens (primary N) is 1. The number of amides is 1. The Morgan fingerprint density at radius 2 is 2.25 bits per heavy atom. The topological polar surface area (TPSA) is 64.7 Å². The second-order valence-corrected chi connectivity index (χ2v) is 3.83. The Hall–Kier alpha value is -1.26. The molecule has 1 atom stereocenters. The van der Waals surface area contributed by atoms with Crippen molar-refractivity contribution in [2.75, 3.05) is 7.11 Å².